The molecule has 0 saturated heterocycles. The molecule has 0 amide bonds. The predicted molar refractivity (Wildman–Crippen MR) is 164 cm³/mol. The highest BCUT2D eigenvalue weighted by molar-refractivity contribution is 5.75. The van der Waals surface area contributed by atoms with Crippen molar-refractivity contribution in [1.29, 1.82) is 0 Å². The molecule has 0 bridgehead atoms. The van der Waals surface area contributed by atoms with E-state index in [9.17, 15) is 4.39 Å². The number of aryl methyl sites for hydroxylation is 1. The molecule has 2 aromatic rings. The molecule has 1 spiro atoms. The van der Waals surface area contributed by atoms with Gasteiger partial charge in [0.15, 0.2) is 0 Å². The molecule has 1 fully saturated rings. The van der Waals surface area contributed by atoms with Crippen molar-refractivity contribution < 1.29 is 4.39 Å². The zero-order chi connectivity index (χ0) is 27.9. The molecule has 1 saturated carbocycles. The van der Waals surface area contributed by atoms with Gasteiger partial charge >= 0.3 is 0 Å². The second-order valence-corrected chi connectivity index (χ2v) is 11.8. The van der Waals surface area contributed by atoms with Crippen molar-refractivity contribution >= 4 is 0 Å². The van der Waals surface area contributed by atoms with E-state index in [1.54, 1.807) is 0 Å². The Morgan fingerprint density at radius 2 is 1.76 bits per heavy atom. The molecule has 1 aromatic heterocycles. The van der Waals surface area contributed by atoms with Crippen LogP contribution in [0.5, 0.6) is 0 Å². The maximum atomic E-state index is 10.3. The summed E-state index contributed by atoms with van der Waals surface area (Å²) in [6.45, 7) is 19.0. The van der Waals surface area contributed by atoms with Crippen LogP contribution in [-0.2, 0) is 12.8 Å². The predicted octanol–water partition coefficient (Wildman–Crippen LogP) is 10.8. The minimum Gasteiger partial charge on any atom is -0.257 e. The highest BCUT2D eigenvalue weighted by atomic mass is 19.1. The first-order chi connectivity index (χ1) is 18.2. The van der Waals surface area contributed by atoms with Crippen molar-refractivity contribution in [2.24, 2.45) is 5.41 Å². The molecule has 0 N–H and O–H groups in total. The number of pyridine rings is 1. The van der Waals surface area contributed by atoms with E-state index in [4.69, 9.17) is 4.98 Å². The summed E-state index contributed by atoms with van der Waals surface area (Å²) in [5, 5.41) is 0. The van der Waals surface area contributed by atoms with Crippen molar-refractivity contribution in [3.63, 3.8) is 0 Å². The zero-order valence-electron chi connectivity index (χ0n) is 25.1. The van der Waals surface area contributed by atoms with Crippen LogP contribution in [0.3, 0.4) is 0 Å². The summed E-state index contributed by atoms with van der Waals surface area (Å²) in [6, 6.07) is 9.25. The van der Waals surface area contributed by atoms with E-state index in [1.807, 2.05) is 6.08 Å². The number of fused-ring (bicyclic) bond motifs is 1. The minimum absolute atomic E-state index is 0.250. The molecule has 2 heteroatoms. The summed E-state index contributed by atoms with van der Waals surface area (Å²) in [4.78, 5) is 5.50. The molecule has 4 rings (SSSR count). The van der Waals surface area contributed by atoms with E-state index in [1.165, 1.54) is 89.4 Å². The van der Waals surface area contributed by atoms with E-state index < -0.39 is 0 Å². The molecular weight excluding hydrogens is 465 g/mol. The number of hydrogen-bond donors (Lipinski definition) is 0. The lowest BCUT2D eigenvalue weighted by atomic mass is 9.57. The van der Waals surface area contributed by atoms with Gasteiger partial charge in [0, 0.05) is 11.4 Å². The summed E-state index contributed by atoms with van der Waals surface area (Å²) < 4.78 is 10.3. The third-order valence-corrected chi connectivity index (χ3v) is 8.58. The summed E-state index contributed by atoms with van der Waals surface area (Å²) in [5.74, 6) is 0.964. The van der Waals surface area contributed by atoms with Crippen LogP contribution in [0.2, 0.25) is 0 Å². The highest BCUT2D eigenvalue weighted by Crippen LogP contribution is 2.55. The standard InChI is InChI=1S/C34H45N.C2H5F/c1-8-26(9-2)14-15-27(10-3)20-29-32(28-16-12-24(6)13-17-28)31-25(7)21-34(18-11-19-34)22-30(31)35-33(29)23(4)5;1-2-3/h8,12-17,23,25H,1,9-11,18-22H2,2-7H3;2H2,1H3/b26-14+,27-15+;. The quantitative estimate of drug-likeness (QED) is 0.319. The number of halogens is 1. The third-order valence-electron chi connectivity index (χ3n) is 8.58. The molecule has 1 atom stereocenters. The monoisotopic (exact) mass is 515 g/mol. The fraction of sp³-hybridized carbons (Fsp3) is 0.528. The Kier molecular flexibility index (Phi) is 10.7. The molecule has 1 heterocycles. The molecule has 1 nitrogen and oxygen atoms in total. The van der Waals surface area contributed by atoms with Crippen LogP contribution >= 0.6 is 0 Å². The Morgan fingerprint density at radius 3 is 2.26 bits per heavy atom. The van der Waals surface area contributed by atoms with Crippen molar-refractivity contribution in [1.82, 2.24) is 4.98 Å². The Labute approximate surface area is 232 Å². The number of benzene rings is 1. The smallest absolute Gasteiger partial charge is 0.0866 e. The van der Waals surface area contributed by atoms with Gasteiger partial charge in [-0.15, -0.1) is 0 Å². The van der Waals surface area contributed by atoms with Gasteiger partial charge in [0.25, 0.3) is 0 Å². The van der Waals surface area contributed by atoms with Crippen LogP contribution < -0.4 is 0 Å². The molecule has 1 unspecified atom stereocenters. The third kappa shape index (κ3) is 6.74. The Hall–Kier alpha value is -2.48. The Bertz CT molecular complexity index is 1140. The van der Waals surface area contributed by atoms with Crippen molar-refractivity contribution in [2.75, 3.05) is 6.67 Å². The van der Waals surface area contributed by atoms with E-state index in [-0.39, 0.29) is 6.67 Å². The van der Waals surface area contributed by atoms with E-state index in [0.717, 1.165) is 19.3 Å². The average Bonchev–Trinajstić information content (AvgIpc) is 2.88. The first-order valence-electron chi connectivity index (χ1n) is 14.9. The van der Waals surface area contributed by atoms with E-state index in [2.05, 4.69) is 84.5 Å². The summed E-state index contributed by atoms with van der Waals surface area (Å²) in [7, 11) is 0. The zero-order valence-corrected chi connectivity index (χ0v) is 25.1. The van der Waals surface area contributed by atoms with Gasteiger partial charge in [0.1, 0.15) is 0 Å². The number of rotatable bonds is 8. The second kappa shape index (κ2) is 13.5. The van der Waals surface area contributed by atoms with Crippen LogP contribution in [0.15, 0.2) is 60.2 Å². The Balaban J connectivity index is 0.00000127. The summed E-state index contributed by atoms with van der Waals surface area (Å²) in [5.41, 5.74) is 13.2. The molecule has 206 valence electrons. The number of aromatic nitrogens is 1. The lowest BCUT2D eigenvalue weighted by Crippen LogP contribution is -2.37. The lowest BCUT2D eigenvalue weighted by Gasteiger charge is -2.48. The highest BCUT2D eigenvalue weighted by Gasteiger charge is 2.44. The maximum Gasteiger partial charge on any atom is 0.0866 e. The van der Waals surface area contributed by atoms with E-state index in [0.29, 0.717) is 17.3 Å². The van der Waals surface area contributed by atoms with Crippen molar-refractivity contribution in [3.05, 3.63) is 88.3 Å². The summed E-state index contributed by atoms with van der Waals surface area (Å²) in [6.07, 6.45) is 16.3. The van der Waals surface area contributed by atoms with Crippen LogP contribution in [0.25, 0.3) is 11.1 Å². The average molecular weight is 516 g/mol. The first kappa shape index (κ1) is 30.1. The largest absolute Gasteiger partial charge is 0.257 e. The molecule has 2 aliphatic carbocycles. The van der Waals surface area contributed by atoms with Crippen molar-refractivity contribution in [3.8, 4) is 11.1 Å². The fourth-order valence-electron chi connectivity index (χ4n) is 6.40. The topological polar surface area (TPSA) is 12.9 Å². The maximum absolute atomic E-state index is 10.3. The number of nitrogens with zero attached hydrogens (tertiary/aromatic N) is 1. The lowest BCUT2D eigenvalue weighted by molar-refractivity contribution is 0.0981. The number of alkyl halides is 1. The van der Waals surface area contributed by atoms with Gasteiger partial charge < -0.3 is 0 Å². The molecular formula is C36H50FN. The fourth-order valence-corrected chi connectivity index (χ4v) is 6.40. The van der Waals surface area contributed by atoms with Gasteiger partial charge in [-0.3, -0.25) is 9.37 Å². The number of hydrogen-bond acceptors (Lipinski definition) is 1. The van der Waals surface area contributed by atoms with Gasteiger partial charge in [0.2, 0.25) is 0 Å². The van der Waals surface area contributed by atoms with Gasteiger partial charge in [-0.05, 0) is 104 Å². The SMILES string of the molecule is C=C/C(=C\C=C(/CC)Cc1c(C(C)C)nc2c(c1-c1ccc(C)cc1)C(C)CC1(CCC1)C2)CC.CCF. The van der Waals surface area contributed by atoms with Gasteiger partial charge in [-0.25, -0.2) is 0 Å². The number of allylic oxidation sites excluding steroid dienone is 5. The van der Waals surface area contributed by atoms with Gasteiger partial charge in [0.05, 0.1) is 6.67 Å². The molecule has 2 aliphatic rings. The first-order valence-corrected chi connectivity index (χ1v) is 14.9. The van der Waals surface area contributed by atoms with Crippen LogP contribution in [0, 0.1) is 12.3 Å². The molecule has 0 radical (unpaired) electrons. The van der Waals surface area contributed by atoms with Gasteiger partial charge in [-0.1, -0.05) is 101 Å². The normalized spacial score (nSPS) is 18.5. The minimum atomic E-state index is -0.250. The van der Waals surface area contributed by atoms with Crippen LogP contribution in [0.1, 0.15) is 120 Å². The molecule has 38 heavy (non-hydrogen) atoms. The van der Waals surface area contributed by atoms with Crippen LogP contribution in [-0.4, -0.2) is 11.7 Å². The van der Waals surface area contributed by atoms with E-state index >= 15 is 0 Å². The molecule has 0 aliphatic heterocycles. The summed E-state index contributed by atoms with van der Waals surface area (Å²) >= 11 is 0. The van der Waals surface area contributed by atoms with Crippen LogP contribution in [0.4, 0.5) is 4.39 Å². The Morgan fingerprint density at radius 1 is 1.11 bits per heavy atom. The molecule has 1 aromatic carbocycles. The van der Waals surface area contributed by atoms with Gasteiger partial charge in [-0.2, -0.15) is 0 Å². The second-order valence-electron chi connectivity index (χ2n) is 11.8. The van der Waals surface area contributed by atoms with Crippen molar-refractivity contribution in [2.45, 2.75) is 112 Å².